The lowest BCUT2D eigenvalue weighted by molar-refractivity contribution is -0.124. The van der Waals surface area contributed by atoms with Crippen LogP contribution in [0.4, 0.5) is 5.69 Å². The van der Waals surface area contributed by atoms with Crippen molar-refractivity contribution < 1.29 is 14.7 Å². The molecule has 7 heteroatoms. The summed E-state index contributed by atoms with van der Waals surface area (Å²) in [5, 5.41) is 14.9. The van der Waals surface area contributed by atoms with Gasteiger partial charge in [0.1, 0.15) is 0 Å². The molecule has 118 valence electrons. The molecular formula is C15H17ClN2O3S. The van der Waals surface area contributed by atoms with Gasteiger partial charge in [-0.2, -0.15) is 0 Å². The summed E-state index contributed by atoms with van der Waals surface area (Å²) in [6.45, 7) is 0. The first-order valence-electron chi connectivity index (χ1n) is 7.12. The number of thiocarbonyl (C=S) groups is 1. The number of halogens is 1. The molecule has 0 saturated heterocycles. The normalized spacial score (nSPS) is 15.1. The minimum Gasteiger partial charge on any atom is -0.478 e. The molecule has 2 rings (SSSR count). The van der Waals surface area contributed by atoms with E-state index in [4.69, 9.17) is 28.9 Å². The SMILES string of the molecule is O=C(O)c1ccc(Cl)c(NC(=S)NC(=O)C2CCCCC2)c1. The van der Waals surface area contributed by atoms with Crippen LogP contribution in [0.5, 0.6) is 0 Å². The number of hydrogen-bond acceptors (Lipinski definition) is 3. The third kappa shape index (κ3) is 4.42. The number of benzene rings is 1. The monoisotopic (exact) mass is 340 g/mol. The number of amides is 1. The van der Waals surface area contributed by atoms with Crippen LogP contribution in [0, 0.1) is 5.92 Å². The fraction of sp³-hybridized carbons (Fsp3) is 0.400. The van der Waals surface area contributed by atoms with Gasteiger partial charge in [-0.15, -0.1) is 0 Å². The highest BCUT2D eigenvalue weighted by atomic mass is 35.5. The Hall–Kier alpha value is -1.66. The third-order valence-electron chi connectivity index (χ3n) is 3.67. The summed E-state index contributed by atoms with van der Waals surface area (Å²) in [5.41, 5.74) is 0.448. The lowest BCUT2D eigenvalue weighted by Gasteiger charge is -2.21. The van der Waals surface area contributed by atoms with Crippen LogP contribution >= 0.6 is 23.8 Å². The summed E-state index contributed by atoms with van der Waals surface area (Å²) in [6.07, 6.45) is 5.05. The van der Waals surface area contributed by atoms with Crippen molar-refractivity contribution in [3.63, 3.8) is 0 Å². The Labute approximate surface area is 139 Å². The predicted octanol–water partition coefficient (Wildman–Crippen LogP) is 3.43. The number of hydrogen-bond donors (Lipinski definition) is 3. The van der Waals surface area contributed by atoms with Gasteiger partial charge in [0.05, 0.1) is 16.3 Å². The van der Waals surface area contributed by atoms with Gasteiger partial charge in [-0.1, -0.05) is 30.9 Å². The summed E-state index contributed by atoms with van der Waals surface area (Å²) in [6, 6.07) is 4.25. The second kappa shape index (κ2) is 7.56. The van der Waals surface area contributed by atoms with Gasteiger partial charge in [-0.05, 0) is 43.3 Å². The van der Waals surface area contributed by atoms with Crippen molar-refractivity contribution in [3.05, 3.63) is 28.8 Å². The highest BCUT2D eigenvalue weighted by Gasteiger charge is 2.21. The summed E-state index contributed by atoms with van der Waals surface area (Å²) >= 11 is 11.1. The smallest absolute Gasteiger partial charge is 0.335 e. The van der Waals surface area contributed by atoms with Gasteiger partial charge in [-0.3, -0.25) is 4.79 Å². The number of carbonyl (C=O) groups excluding carboxylic acids is 1. The first-order chi connectivity index (χ1) is 10.5. The van der Waals surface area contributed by atoms with Gasteiger partial charge in [0.15, 0.2) is 5.11 Å². The zero-order valence-corrected chi connectivity index (χ0v) is 13.5. The van der Waals surface area contributed by atoms with E-state index in [1.165, 1.54) is 24.6 Å². The molecular weight excluding hydrogens is 324 g/mol. The molecule has 1 aliphatic rings. The number of carboxylic acids is 1. The molecule has 0 radical (unpaired) electrons. The number of carbonyl (C=O) groups is 2. The van der Waals surface area contributed by atoms with Crippen molar-refractivity contribution in [3.8, 4) is 0 Å². The Morgan fingerprint density at radius 3 is 2.55 bits per heavy atom. The lowest BCUT2D eigenvalue weighted by Crippen LogP contribution is -2.39. The van der Waals surface area contributed by atoms with Crippen LogP contribution in [0.15, 0.2) is 18.2 Å². The van der Waals surface area contributed by atoms with Gasteiger partial charge in [0.2, 0.25) is 5.91 Å². The van der Waals surface area contributed by atoms with E-state index in [1.54, 1.807) is 0 Å². The average Bonchev–Trinajstić information content (AvgIpc) is 2.50. The van der Waals surface area contributed by atoms with E-state index in [-0.39, 0.29) is 22.5 Å². The largest absolute Gasteiger partial charge is 0.478 e. The van der Waals surface area contributed by atoms with Crippen LogP contribution in [0.1, 0.15) is 42.5 Å². The molecule has 1 aromatic rings. The second-order valence-corrected chi connectivity index (χ2v) is 6.09. The molecule has 22 heavy (non-hydrogen) atoms. The summed E-state index contributed by atoms with van der Waals surface area (Å²) < 4.78 is 0. The quantitative estimate of drug-likeness (QED) is 0.735. The molecule has 1 fully saturated rings. The Bertz CT molecular complexity index is 600. The number of rotatable bonds is 3. The van der Waals surface area contributed by atoms with E-state index in [0.29, 0.717) is 10.7 Å². The molecule has 3 N–H and O–H groups in total. The second-order valence-electron chi connectivity index (χ2n) is 5.28. The van der Waals surface area contributed by atoms with E-state index in [2.05, 4.69) is 10.6 Å². The van der Waals surface area contributed by atoms with Gasteiger partial charge in [-0.25, -0.2) is 4.79 Å². The fourth-order valence-corrected chi connectivity index (χ4v) is 2.86. The number of aromatic carboxylic acids is 1. The molecule has 0 bridgehead atoms. The maximum absolute atomic E-state index is 12.1. The van der Waals surface area contributed by atoms with Crippen LogP contribution < -0.4 is 10.6 Å². The maximum Gasteiger partial charge on any atom is 0.335 e. The van der Waals surface area contributed by atoms with E-state index < -0.39 is 5.97 Å². The van der Waals surface area contributed by atoms with Crippen molar-refractivity contribution in [2.45, 2.75) is 32.1 Å². The molecule has 0 spiro atoms. The molecule has 0 heterocycles. The molecule has 5 nitrogen and oxygen atoms in total. The maximum atomic E-state index is 12.1. The number of nitrogens with one attached hydrogen (secondary N) is 2. The Kier molecular flexibility index (Phi) is 5.74. The standard InChI is InChI=1S/C15H17ClN2O3S/c16-11-7-6-10(14(20)21)8-12(11)17-15(22)18-13(19)9-4-2-1-3-5-9/h6-9H,1-5H2,(H,20,21)(H2,17,18,19,22). The summed E-state index contributed by atoms with van der Waals surface area (Å²) in [7, 11) is 0. The topological polar surface area (TPSA) is 78.4 Å². The lowest BCUT2D eigenvalue weighted by atomic mass is 9.89. The van der Waals surface area contributed by atoms with Crippen LogP contribution in [-0.2, 0) is 4.79 Å². The van der Waals surface area contributed by atoms with E-state index in [1.807, 2.05) is 0 Å². The molecule has 0 unspecified atom stereocenters. The zero-order valence-electron chi connectivity index (χ0n) is 11.9. The molecule has 1 saturated carbocycles. The fourth-order valence-electron chi connectivity index (χ4n) is 2.49. The van der Waals surface area contributed by atoms with Crippen molar-refractivity contribution in [2.75, 3.05) is 5.32 Å². The molecule has 0 atom stereocenters. The van der Waals surface area contributed by atoms with Gasteiger partial charge < -0.3 is 15.7 Å². The van der Waals surface area contributed by atoms with Gasteiger partial charge in [0.25, 0.3) is 0 Å². The third-order valence-corrected chi connectivity index (χ3v) is 4.21. The van der Waals surface area contributed by atoms with Crippen LogP contribution in [0.3, 0.4) is 0 Å². The molecule has 0 aliphatic heterocycles. The van der Waals surface area contributed by atoms with Crippen molar-refractivity contribution >= 4 is 46.5 Å². The Morgan fingerprint density at radius 2 is 1.91 bits per heavy atom. The van der Waals surface area contributed by atoms with E-state index in [0.717, 1.165) is 25.7 Å². The Balaban J connectivity index is 1.98. The van der Waals surface area contributed by atoms with Crippen LogP contribution in [-0.4, -0.2) is 22.1 Å². The van der Waals surface area contributed by atoms with Gasteiger partial charge in [0, 0.05) is 5.92 Å². The average molecular weight is 341 g/mol. The summed E-state index contributed by atoms with van der Waals surface area (Å²) in [4.78, 5) is 23.1. The highest BCUT2D eigenvalue weighted by molar-refractivity contribution is 7.80. The van der Waals surface area contributed by atoms with Crippen molar-refractivity contribution in [1.29, 1.82) is 0 Å². The van der Waals surface area contributed by atoms with Crippen LogP contribution in [0.2, 0.25) is 5.02 Å². The number of carboxylic acid groups (broad SMARTS) is 1. The Morgan fingerprint density at radius 1 is 1.23 bits per heavy atom. The molecule has 0 aromatic heterocycles. The predicted molar refractivity (Wildman–Crippen MR) is 89.3 cm³/mol. The molecule has 1 aromatic carbocycles. The first kappa shape index (κ1) is 16.7. The molecule has 1 amide bonds. The van der Waals surface area contributed by atoms with E-state index >= 15 is 0 Å². The highest BCUT2D eigenvalue weighted by Crippen LogP contribution is 2.25. The van der Waals surface area contributed by atoms with Crippen molar-refractivity contribution in [1.82, 2.24) is 5.32 Å². The number of anilines is 1. The minimum atomic E-state index is -1.06. The minimum absolute atomic E-state index is 0.00525. The van der Waals surface area contributed by atoms with Gasteiger partial charge >= 0.3 is 5.97 Å². The van der Waals surface area contributed by atoms with Crippen molar-refractivity contribution in [2.24, 2.45) is 5.92 Å². The van der Waals surface area contributed by atoms with E-state index in [9.17, 15) is 9.59 Å². The first-order valence-corrected chi connectivity index (χ1v) is 7.90. The zero-order chi connectivity index (χ0) is 16.1. The molecule has 1 aliphatic carbocycles. The van der Waals surface area contributed by atoms with Crippen LogP contribution in [0.25, 0.3) is 0 Å². The summed E-state index contributed by atoms with van der Waals surface area (Å²) in [5.74, 6) is -1.16.